The maximum atomic E-state index is 13.1. The molecule has 1 saturated carbocycles. The van der Waals surface area contributed by atoms with Crippen LogP contribution in [-0.2, 0) is 16.6 Å². The summed E-state index contributed by atoms with van der Waals surface area (Å²) in [4.78, 5) is 17.0. The van der Waals surface area contributed by atoms with E-state index in [4.69, 9.17) is 0 Å². The van der Waals surface area contributed by atoms with E-state index in [1.54, 1.807) is 30.1 Å². The van der Waals surface area contributed by atoms with Gasteiger partial charge >= 0.3 is 6.36 Å². The second-order valence-corrected chi connectivity index (χ2v) is 10.6. The van der Waals surface area contributed by atoms with Gasteiger partial charge in [0.2, 0.25) is 5.91 Å². The van der Waals surface area contributed by atoms with Crippen LogP contribution in [0.4, 0.5) is 13.2 Å². The first-order valence-corrected chi connectivity index (χ1v) is 12.5. The first-order chi connectivity index (χ1) is 17.4. The Kier molecular flexibility index (Phi) is 6.27. The lowest BCUT2D eigenvalue weighted by Crippen LogP contribution is -2.73. The van der Waals surface area contributed by atoms with Crippen molar-refractivity contribution in [3.8, 4) is 11.5 Å². The lowest BCUT2D eigenvalue weighted by atomic mass is 9.49. The Balaban J connectivity index is 1.38. The fourth-order valence-electron chi connectivity index (χ4n) is 6.81. The van der Waals surface area contributed by atoms with E-state index in [9.17, 15) is 28.2 Å². The average Bonchev–Trinajstić information content (AvgIpc) is 2.83. The van der Waals surface area contributed by atoms with Gasteiger partial charge in [-0.2, -0.15) is 0 Å². The Morgan fingerprint density at radius 2 is 2.00 bits per heavy atom. The topological polar surface area (TPSA) is 73.2 Å². The molecular formula is C28H31F3N2O4. The number of phenolic OH excluding ortho intramolecular Hbond substituents is 1. The molecule has 0 radical (unpaired) electrons. The number of alkyl halides is 3. The molecule has 2 N–H and O–H groups in total. The molecule has 1 amide bonds. The SMILES string of the molecule is CN1CC[C@]23C[C@H](N(C)C(=O)C=Cc4cccc(OC(F)(F)F)c4)CC[C@]2(O)[C@H]1Cc1ccc(O)cc13. The first-order valence-electron chi connectivity index (χ1n) is 12.5. The highest BCUT2D eigenvalue weighted by Crippen LogP contribution is 2.58. The van der Waals surface area contributed by atoms with Gasteiger partial charge in [0.05, 0.1) is 5.60 Å². The van der Waals surface area contributed by atoms with Crippen LogP contribution in [0.1, 0.15) is 42.4 Å². The molecule has 0 unspecified atom stereocenters. The normalized spacial score (nSPS) is 29.5. The number of fused-ring (bicyclic) bond motifs is 1. The molecule has 1 heterocycles. The third-order valence-electron chi connectivity index (χ3n) is 8.67. The van der Waals surface area contributed by atoms with Gasteiger partial charge in [0.25, 0.3) is 0 Å². The van der Waals surface area contributed by atoms with E-state index in [0.717, 1.165) is 17.7 Å². The Morgan fingerprint density at radius 1 is 1.22 bits per heavy atom. The van der Waals surface area contributed by atoms with Crippen molar-refractivity contribution < 1.29 is 32.9 Å². The highest BCUT2D eigenvalue weighted by molar-refractivity contribution is 5.91. The summed E-state index contributed by atoms with van der Waals surface area (Å²) in [7, 11) is 3.76. The van der Waals surface area contributed by atoms with Crippen molar-refractivity contribution in [3.63, 3.8) is 0 Å². The number of aromatic hydroxyl groups is 1. The van der Waals surface area contributed by atoms with Crippen molar-refractivity contribution >= 4 is 12.0 Å². The third-order valence-corrected chi connectivity index (χ3v) is 8.67. The maximum absolute atomic E-state index is 13.1. The molecule has 3 aliphatic rings. The summed E-state index contributed by atoms with van der Waals surface area (Å²) in [5, 5.41) is 22.4. The van der Waals surface area contributed by atoms with Crippen molar-refractivity contribution in [3.05, 3.63) is 65.2 Å². The van der Waals surface area contributed by atoms with Crippen LogP contribution >= 0.6 is 0 Å². The molecule has 198 valence electrons. The summed E-state index contributed by atoms with van der Waals surface area (Å²) in [6.45, 7) is 0.808. The Labute approximate surface area is 214 Å². The number of nitrogens with zero attached hydrogens (tertiary/aromatic N) is 2. The van der Waals surface area contributed by atoms with Gasteiger partial charge in [-0.3, -0.25) is 4.79 Å². The third kappa shape index (κ3) is 4.48. The number of carbonyl (C=O) groups is 1. The number of ether oxygens (including phenoxy) is 1. The van der Waals surface area contributed by atoms with Gasteiger partial charge in [-0.1, -0.05) is 18.2 Å². The number of carbonyl (C=O) groups excluding carboxylic acids is 1. The number of amides is 1. The van der Waals surface area contributed by atoms with E-state index in [-0.39, 0.29) is 29.5 Å². The second-order valence-electron chi connectivity index (χ2n) is 10.6. The van der Waals surface area contributed by atoms with Crippen molar-refractivity contribution in [2.75, 3.05) is 20.6 Å². The minimum absolute atomic E-state index is 0.0358. The van der Waals surface area contributed by atoms with Crippen LogP contribution in [0, 0.1) is 0 Å². The van der Waals surface area contributed by atoms with Crippen molar-refractivity contribution in [1.29, 1.82) is 0 Å². The zero-order valence-electron chi connectivity index (χ0n) is 20.8. The summed E-state index contributed by atoms with van der Waals surface area (Å²) >= 11 is 0. The standard InChI is InChI=1S/C28H31F3N2O4/c1-32-13-12-26-17-20(10-11-27(26,36)24(32)15-19-7-8-21(34)16-23(19)26)33(2)25(35)9-6-18-4-3-5-22(14-18)37-28(29,30)31/h3-9,14,16,20,24,34,36H,10-13,15,17H2,1-2H3/t20-,24-,26-,27+/m1/s1. The minimum atomic E-state index is -4.79. The Bertz CT molecular complexity index is 1230. The van der Waals surface area contributed by atoms with Gasteiger partial charge in [-0.25, -0.2) is 0 Å². The fraction of sp³-hybridized carbons (Fsp3) is 0.464. The molecule has 5 rings (SSSR count). The number of halogens is 3. The van der Waals surface area contributed by atoms with Crippen LogP contribution in [0.2, 0.25) is 0 Å². The molecule has 2 aromatic rings. The van der Waals surface area contributed by atoms with E-state index in [1.165, 1.54) is 30.4 Å². The summed E-state index contributed by atoms with van der Waals surface area (Å²) in [5.74, 6) is -0.457. The fourth-order valence-corrected chi connectivity index (χ4v) is 6.81. The molecule has 9 heteroatoms. The number of phenols is 1. The van der Waals surface area contributed by atoms with Gasteiger partial charge in [-0.05, 0) is 92.7 Å². The summed E-state index contributed by atoms with van der Waals surface area (Å²) in [5.41, 5.74) is 0.961. The van der Waals surface area contributed by atoms with E-state index >= 15 is 0 Å². The van der Waals surface area contributed by atoms with Crippen LogP contribution < -0.4 is 4.74 Å². The highest BCUT2D eigenvalue weighted by atomic mass is 19.4. The number of hydrogen-bond acceptors (Lipinski definition) is 5. The molecule has 0 aromatic heterocycles. The van der Waals surface area contributed by atoms with Gasteiger partial charge < -0.3 is 24.7 Å². The molecule has 1 aliphatic heterocycles. The zero-order valence-corrected chi connectivity index (χ0v) is 20.8. The Hall–Kier alpha value is -3.04. The molecule has 4 atom stereocenters. The van der Waals surface area contributed by atoms with Crippen LogP contribution in [0.25, 0.3) is 6.08 Å². The van der Waals surface area contributed by atoms with Crippen LogP contribution in [-0.4, -0.2) is 70.6 Å². The van der Waals surface area contributed by atoms with Crippen molar-refractivity contribution in [2.45, 2.75) is 61.6 Å². The average molecular weight is 517 g/mol. The monoisotopic (exact) mass is 516 g/mol. The largest absolute Gasteiger partial charge is 0.573 e. The lowest BCUT2D eigenvalue weighted by molar-refractivity contribution is -0.274. The number of hydrogen-bond donors (Lipinski definition) is 2. The van der Waals surface area contributed by atoms with Crippen molar-refractivity contribution in [1.82, 2.24) is 9.80 Å². The lowest BCUT2D eigenvalue weighted by Gasteiger charge is -2.64. The molecule has 2 bridgehead atoms. The molecule has 37 heavy (non-hydrogen) atoms. The Morgan fingerprint density at radius 3 is 2.76 bits per heavy atom. The van der Waals surface area contributed by atoms with Crippen LogP contribution in [0.15, 0.2) is 48.5 Å². The summed E-state index contributed by atoms with van der Waals surface area (Å²) < 4.78 is 41.6. The van der Waals surface area contributed by atoms with Gasteiger partial charge in [0.1, 0.15) is 11.5 Å². The van der Waals surface area contributed by atoms with Gasteiger partial charge in [0, 0.05) is 30.6 Å². The molecule has 2 aliphatic carbocycles. The maximum Gasteiger partial charge on any atom is 0.573 e. The smallest absolute Gasteiger partial charge is 0.508 e. The minimum Gasteiger partial charge on any atom is -0.508 e. The number of aliphatic hydroxyl groups is 1. The van der Waals surface area contributed by atoms with E-state index in [0.29, 0.717) is 37.7 Å². The second kappa shape index (κ2) is 9.06. The molecular weight excluding hydrogens is 485 g/mol. The van der Waals surface area contributed by atoms with Crippen LogP contribution in [0.3, 0.4) is 0 Å². The van der Waals surface area contributed by atoms with E-state index < -0.39 is 17.4 Å². The van der Waals surface area contributed by atoms with Crippen molar-refractivity contribution in [2.24, 2.45) is 0 Å². The quantitative estimate of drug-likeness (QED) is 0.595. The molecule has 6 nitrogen and oxygen atoms in total. The highest BCUT2D eigenvalue weighted by Gasteiger charge is 2.64. The van der Waals surface area contributed by atoms with E-state index in [1.807, 2.05) is 13.1 Å². The molecule has 2 fully saturated rings. The first kappa shape index (κ1) is 25.6. The summed E-state index contributed by atoms with van der Waals surface area (Å²) in [6.07, 6.45) is 1.18. The predicted molar refractivity (Wildman–Crippen MR) is 132 cm³/mol. The molecule has 2 aromatic carbocycles. The number of benzene rings is 2. The summed E-state index contributed by atoms with van der Waals surface area (Å²) in [6, 6.07) is 10.7. The molecule has 0 spiro atoms. The number of likely N-dealkylation sites (N-methyl/N-ethyl adjacent to an activating group) is 2. The number of likely N-dealkylation sites (tertiary alicyclic amines) is 1. The zero-order chi connectivity index (χ0) is 26.6. The predicted octanol–water partition coefficient (Wildman–Crippen LogP) is 4.24. The van der Waals surface area contributed by atoms with E-state index in [2.05, 4.69) is 9.64 Å². The van der Waals surface area contributed by atoms with Gasteiger partial charge in [-0.15, -0.1) is 13.2 Å². The number of rotatable bonds is 4. The number of piperidine rings is 1. The molecule has 1 saturated heterocycles. The van der Waals surface area contributed by atoms with Gasteiger partial charge in [0.15, 0.2) is 0 Å². The van der Waals surface area contributed by atoms with Crippen LogP contribution in [0.5, 0.6) is 11.5 Å².